The van der Waals surface area contributed by atoms with Gasteiger partial charge in [-0.3, -0.25) is 23.9 Å². The summed E-state index contributed by atoms with van der Waals surface area (Å²) in [5.41, 5.74) is 3.30. The average Bonchev–Trinajstić information content (AvgIpc) is 4.21. The number of hydrogen-bond donors (Lipinski definition) is 4. The van der Waals surface area contributed by atoms with Gasteiger partial charge in [-0.2, -0.15) is 4.31 Å². The van der Waals surface area contributed by atoms with Crippen molar-refractivity contribution in [3.8, 4) is 34.3 Å². The molecule has 10 rings (SSSR count). The third kappa shape index (κ3) is 9.50. The molecule has 0 saturated carbocycles. The first-order valence-electron chi connectivity index (χ1n) is 26.8. The van der Waals surface area contributed by atoms with Crippen molar-refractivity contribution in [1.29, 1.82) is 0 Å². The van der Waals surface area contributed by atoms with Crippen molar-refractivity contribution in [1.82, 2.24) is 44.1 Å². The Morgan fingerprint density at radius 1 is 0.936 bits per heavy atom. The number of sulfonamides is 1. The molecular formula is C56H65N9O12S. The predicted octanol–water partition coefficient (Wildman–Crippen LogP) is 5.88. The van der Waals surface area contributed by atoms with Crippen molar-refractivity contribution >= 4 is 50.7 Å². The number of nitrogens with one attached hydrogen (secondary N) is 1. The summed E-state index contributed by atoms with van der Waals surface area (Å²) in [5.74, 6) is -1.88. The molecule has 0 aliphatic carbocycles. The fourth-order valence-electron chi connectivity index (χ4n) is 11.9. The Bertz CT molecular complexity index is 3400. The number of aromatic nitrogens is 4. The van der Waals surface area contributed by atoms with Crippen LogP contribution in [0.25, 0.3) is 28.0 Å². The largest absolute Gasteiger partial charge is 0.508 e. The number of fused-ring (bicyclic) bond motifs is 4. The maximum atomic E-state index is 14.0. The molecule has 2 aromatic heterocycles. The number of aliphatic hydroxyl groups is 1. The lowest BCUT2D eigenvalue weighted by Gasteiger charge is -2.41. The number of phenols is 2. The van der Waals surface area contributed by atoms with Crippen LogP contribution in [0.1, 0.15) is 118 Å². The molecule has 22 heteroatoms. The highest BCUT2D eigenvalue weighted by molar-refractivity contribution is 7.89. The fraction of sp³-hybridized carbons (Fsp3) is 0.464. The molecule has 2 unspecified atom stereocenters. The third-order valence-electron chi connectivity index (χ3n) is 16.3. The second-order valence-corrected chi connectivity index (χ2v) is 23.1. The fourth-order valence-corrected chi connectivity index (χ4v) is 13.4. The van der Waals surface area contributed by atoms with Crippen LogP contribution in [0.2, 0.25) is 0 Å². The van der Waals surface area contributed by atoms with Crippen LogP contribution in [0, 0.1) is 11.8 Å². The van der Waals surface area contributed by atoms with Gasteiger partial charge in [-0.15, -0.1) is 10.2 Å². The molecule has 0 bridgehead atoms. The van der Waals surface area contributed by atoms with Gasteiger partial charge in [0, 0.05) is 75.9 Å². The number of hydrogen-bond acceptors (Lipinski definition) is 15. The van der Waals surface area contributed by atoms with Gasteiger partial charge in [-0.1, -0.05) is 27.7 Å². The zero-order valence-corrected chi connectivity index (χ0v) is 45.4. The number of esters is 1. The number of amides is 4. The standard InChI is InChI=1S/C56H65N9O12S/c1-7-37-39-24-35(12-15-44(39)58-48-41(37)29-64-45(48)26-43-42(53(64)70)30-76-54(71)56(43,73)8-2)77-55(72)61(6)28-32-16-20-62(21-17-32)52(69)33-18-22-63(23-19-33)78(74,75)36-13-10-34(11-14-36)65-49(59-60-50(65)51(68)57-9-3)40-25-38(31(4)5)46(66)27-47(40)67/h10-15,24-25,27,31-33,45,66-67,73H,7-9,16-23,26,28-30H2,1-6H3,(H,57,68). The zero-order valence-electron chi connectivity index (χ0n) is 44.6. The summed E-state index contributed by atoms with van der Waals surface area (Å²) in [6.07, 6.45) is 2.52. The summed E-state index contributed by atoms with van der Waals surface area (Å²) in [6.45, 7) is 11.4. The highest BCUT2D eigenvalue weighted by Gasteiger charge is 2.53. The van der Waals surface area contributed by atoms with E-state index in [0.29, 0.717) is 98.5 Å². The van der Waals surface area contributed by atoms with Crippen LogP contribution >= 0.6 is 0 Å². The molecule has 78 heavy (non-hydrogen) atoms. The van der Waals surface area contributed by atoms with E-state index < -0.39 is 39.6 Å². The molecule has 0 spiro atoms. The van der Waals surface area contributed by atoms with Gasteiger partial charge in [0.15, 0.2) is 11.4 Å². The molecule has 21 nitrogen and oxygen atoms in total. The maximum absolute atomic E-state index is 14.0. The molecule has 2 fully saturated rings. The van der Waals surface area contributed by atoms with Crippen LogP contribution in [-0.2, 0) is 42.1 Å². The number of nitrogens with zero attached hydrogens (tertiary/aromatic N) is 8. The molecule has 3 aromatic carbocycles. The van der Waals surface area contributed by atoms with Gasteiger partial charge < -0.3 is 44.8 Å². The van der Waals surface area contributed by atoms with Crippen LogP contribution in [0.5, 0.6) is 17.2 Å². The van der Waals surface area contributed by atoms with E-state index >= 15 is 0 Å². The predicted molar refractivity (Wildman–Crippen MR) is 284 cm³/mol. The first-order chi connectivity index (χ1) is 37.3. The molecule has 5 aromatic rings. The van der Waals surface area contributed by atoms with Gasteiger partial charge >= 0.3 is 12.1 Å². The van der Waals surface area contributed by atoms with Crippen LogP contribution in [-0.4, -0.2) is 151 Å². The summed E-state index contributed by atoms with van der Waals surface area (Å²) in [6, 6.07) is 13.6. The molecule has 4 amide bonds. The lowest BCUT2D eigenvalue weighted by Crippen LogP contribution is -2.51. The average molecular weight is 1090 g/mol. The number of phenolic OH excluding ortho intramolecular Hbond substituents is 2. The number of aromatic hydroxyl groups is 2. The van der Waals surface area contributed by atoms with Gasteiger partial charge in [0.1, 0.15) is 23.9 Å². The lowest BCUT2D eigenvalue weighted by molar-refractivity contribution is -0.165. The highest BCUT2D eigenvalue weighted by atomic mass is 32.2. The van der Waals surface area contributed by atoms with Crippen LogP contribution < -0.4 is 10.1 Å². The Labute approximate surface area is 451 Å². The number of piperidine rings is 2. The topological polar surface area (TPSA) is 267 Å². The van der Waals surface area contributed by atoms with Gasteiger partial charge in [-0.25, -0.2) is 18.0 Å². The molecule has 412 valence electrons. The van der Waals surface area contributed by atoms with Crippen molar-refractivity contribution < 1.29 is 57.2 Å². The molecular weight excluding hydrogens is 1020 g/mol. The minimum atomic E-state index is -3.98. The number of cyclic esters (lactones) is 1. The zero-order chi connectivity index (χ0) is 55.5. The SMILES string of the molecule is CCNC(=O)c1nnc(-c2cc(C(C)C)c(O)cc2O)n1-c1ccc(S(=O)(=O)N2CCC(C(=O)N3CCC(CN(C)C(=O)Oc4ccc5nc6c(c(CC)c5c4)CN4C(=O)C5=C(CC64)C(O)(CC)C(=O)OC5)CC3)CC2)cc1. The number of benzene rings is 3. The van der Waals surface area contributed by atoms with Crippen LogP contribution in [0.4, 0.5) is 4.79 Å². The quantitative estimate of drug-likeness (QED) is 0.100. The second kappa shape index (κ2) is 21.1. The van der Waals surface area contributed by atoms with Crippen molar-refractivity contribution in [2.45, 2.75) is 109 Å². The van der Waals surface area contributed by atoms with Crippen molar-refractivity contribution in [2.24, 2.45) is 11.8 Å². The van der Waals surface area contributed by atoms with Gasteiger partial charge in [0.05, 0.1) is 33.3 Å². The van der Waals surface area contributed by atoms with E-state index in [1.807, 2.05) is 25.7 Å². The monoisotopic (exact) mass is 1090 g/mol. The minimum Gasteiger partial charge on any atom is -0.508 e. The van der Waals surface area contributed by atoms with Crippen LogP contribution in [0.3, 0.4) is 0 Å². The van der Waals surface area contributed by atoms with E-state index in [0.717, 1.165) is 22.2 Å². The number of carbonyl (C=O) groups is 5. The van der Waals surface area contributed by atoms with Gasteiger partial charge in [0.25, 0.3) is 11.8 Å². The summed E-state index contributed by atoms with van der Waals surface area (Å²) in [4.78, 5) is 77.2. The molecule has 2 atom stereocenters. The Kier molecular flexibility index (Phi) is 14.6. The molecule has 5 aliphatic rings. The number of aryl methyl sites for hydroxylation is 1. The molecule has 4 N–H and O–H groups in total. The first-order valence-corrected chi connectivity index (χ1v) is 28.2. The van der Waals surface area contributed by atoms with E-state index in [1.165, 1.54) is 39.2 Å². The van der Waals surface area contributed by atoms with Gasteiger partial charge in [0.2, 0.25) is 21.8 Å². The molecule has 2 saturated heterocycles. The van der Waals surface area contributed by atoms with Crippen molar-refractivity contribution in [3.05, 3.63) is 94.0 Å². The van der Waals surface area contributed by atoms with E-state index in [-0.39, 0.29) is 95.7 Å². The molecule has 7 heterocycles. The Morgan fingerprint density at radius 3 is 2.32 bits per heavy atom. The Morgan fingerprint density at radius 2 is 1.65 bits per heavy atom. The normalized spacial score (nSPS) is 20.2. The summed E-state index contributed by atoms with van der Waals surface area (Å²) >= 11 is 0. The molecule has 5 aliphatic heterocycles. The maximum Gasteiger partial charge on any atom is 0.414 e. The van der Waals surface area contributed by atoms with Crippen molar-refractivity contribution in [2.75, 3.05) is 52.9 Å². The summed E-state index contributed by atoms with van der Waals surface area (Å²) in [7, 11) is -2.29. The highest BCUT2D eigenvalue weighted by Crippen LogP contribution is 2.49. The van der Waals surface area contributed by atoms with E-state index in [2.05, 4.69) is 15.5 Å². The Balaban J connectivity index is 0.729. The van der Waals surface area contributed by atoms with Crippen molar-refractivity contribution in [3.63, 3.8) is 0 Å². The number of pyridine rings is 1. The lowest BCUT2D eigenvalue weighted by atomic mass is 9.79. The van der Waals surface area contributed by atoms with Gasteiger partial charge in [-0.05, 0) is 134 Å². The minimum absolute atomic E-state index is 0.00792. The van der Waals surface area contributed by atoms with E-state index in [1.54, 1.807) is 55.0 Å². The van der Waals surface area contributed by atoms with E-state index in [9.17, 15) is 47.7 Å². The van der Waals surface area contributed by atoms with Crippen LogP contribution in [0.15, 0.2) is 70.6 Å². The number of likely N-dealkylation sites (tertiary alicyclic amines) is 1. The number of ether oxygens (including phenoxy) is 2. The first kappa shape index (κ1) is 53.9. The second-order valence-electron chi connectivity index (χ2n) is 21.2. The smallest absolute Gasteiger partial charge is 0.414 e. The number of rotatable bonds is 13. The van der Waals surface area contributed by atoms with E-state index in [4.69, 9.17) is 14.5 Å². The Hall–Kier alpha value is -7.43. The molecule has 0 radical (unpaired) electrons. The third-order valence-corrected chi connectivity index (χ3v) is 18.2. The number of carbonyl (C=O) groups excluding carboxylic acids is 5. The summed E-state index contributed by atoms with van der Waals surface area (Å²) in [5, 5.41) is 44.6. The summed E-state index contributed by atoms with van der Waals surface area (Å²) < 4.78 is 42.0.